The van der Waals surface area contributed by atoms with Crippen LogP contribution in [-0.2, 0) is 6.54 Å². The summed E-state index contributed by atoms with van der Waals surface area (Å²) in [6.07, 6.45) is 2.85. The summed E-state index contributed by atoms with van der Waals surface area (Å²) >= 11 is 0. The molecular formula is C16H18N4. The van der Waals surface area contributed by atoms with Crippen molar-refractivity contribution in [3.63, 3.8) is 0 Å². The Morgan fingerprint density at radius 3 is 2.85 bits per heavy atom. The van der Waals surface area contributed by atoms with Gasteiger partial charge in [-0.25, -0.2) is 9.97 Å². The lowest BCUT2D eigenvalue weighted by Crippen LogP contribution is -2.02. The molecule has 0 saturated carbocycles. The van der Waals surface area contributed by atoms with Gasteiger partial charge in [-0.2, -0.15) is 0 Å². The van der Waals surface area contributed by atoms with Gasteiger partial charge in [0.25, 0.3) is 0 Å². The van der Waals surface area contributed by atoms with Crippen molar-refractivity contribution in [1.82, 2.24) is 14.5 Å². The zero-order chi connectivity index (χ0) is 14.1. The first-order chi connectivity index (χ1) is 9.72. The molecule has 0 aliphatic rings. The number of nitrogen functional groups attached to an aromatic ring is 1. The van der Waals surface area contributed by atoms with Crippen molar-refractivity contribution < 1.29 is 0 Å². The van der Waals surface area contributed by atoms with E-state index >= 15 is 0 Å². The topological polar surface area (TPSA) is 56.7 Å². The average Bonchev–Trinajstić information content (AvgIpc) is 2.81. The Balaban J connectivity index is 2.29. The fourth-order valence-corrected chi connectivity index (χ4v) is 2.50. The smallest absolute Gasteiger partial charge is 0.160 e. The van der Waals surface area contributed by atoms with E-state index in [0.29, 0.717) is 0 Å². The Morgan fingerprint density at radius 2 is 2.05 bits per heavy atom. The number of hydrogen-bond donors (Lipinski definition) is 1. The van der Waals surface area contributed by atoms with E-state index in [1.807, 2.05) is 37.4 Å². The molecule has 102 valence electrons. The van der Waals surface area contributed by atoms with E-state index in [1.165, 1.54) is 0 Å². The van der Waals surface area contributed by atoms with Gasteiger partial charge in [0.2, 0.25) is 0 Å². The van der Waals surface area contributed by atoms with Gasteiger partial charge in [0, 0.05) is 24.0 Å². The molecule has 1 aromatic carbocycles. The number of benzene rings is 1. The third-order valence-corrected chi connectivity index (χ3v) is 3.57. The predicted molar refractivity (Wildman–Crippen MR) is 82.4 cm³/mol. The van der Waals surface area contributed by atoms with Crippen LogP contribution in [0, 0.1) is 6.92 Å². The Kier molecular flexibility index (Phi) is 3.14. The summed E-state index contributed by atoms with van der Waals surface area (Å²) < 4.78 is 2.18. The van der Waals surface area contributed by atoms with Crippen LogP contribution in [0.5, 0.6) is 0 Å². The molecule has 2 heterocycles. The van der Waals surface area contributed by atoms with Crippen molar-refractivity contribution in [2.75, 3.05) is 5.73 Å². The minimum atomic E-state index is 0.797. The molecule has 4 heteroatoms. The number of imidazole rings is 1. The molecule has 20 heavy (non-hydrogen) atoms. The van der Waals surface area contributed by atoms with Gasteiger partial charge in [-0.3, -0.25) is 0 Å². The lowest BCUT2D eigenvalue weighted by atomic mass is 10.1. The molecule has 0 aliphatic heterocycles. The Labute approximate surface area is 118 Å². The molecule has 3 aromatic rings. The van der Waals surface area contributed by atoms with E-state index in [9.17, 15) is 0 Å². The first kappa shape index (κ1) is 12.7. The van der Waals surface area contributed by atoms with E-state index in [0.717, 1.165) is 46.8 Å². The molecule has 0 spiro atoms. The van der Waals surface area contributed by atoms with Crippen molar-refractivity contribution in [2.45, 2.75) is 26.8 Å². The molecule has 4 nitrogen and oxygen atoms in total. The van der Waals surface area contributed by atoms with Crippen LogP contribution in [0.25, 0.3) is 22.6 Å². The molecule has 0 bridgehead atoms. The first-order valence-corrected chi connectivity index (χ1v) is 6.89. The summed E-state index contributed by atoms with van der Waals surface area (Å²) in [5.74, 6) is 0.949. The number of pyridine rings is 1. The van der Waals surface area contributed by atoms with Crippen molar-refractivity contribution >= 4 is 16.9 Å². The second-order valence-corrected chi connectivity index (χ2v) is 4.95. The third-order valence-electron chi connectivity index (χ3n) is 3.57. The predicted octanol–water partition coefficient (Wildman–Crippen LogP) is 3.40. The van der Waals surface area contributed by atoms with Gasteiger partial charge in [-0.15, -0.1) is 0 Å². The summed E-state index contributed by atoms with van der Waals surface area (Å²) in [6, 6.07) is 9.88. The second-order valence-electron chi connectivity index (χ2n) is 4.95. The van der Waals surface area contributed by atoms with Crippen LogP contribution in [0.2, 0.25) is 0 Å². The van der Waals surface area contributed by atoms with Crippen LogP contribution in [0.1, 0.15) is 18.9 Å². The molecule has 0 radical (unpaired) electrons. The molecule has 0 fully saturated rings. The molecule has 0 atom stereocenters. The highest BCUT2D eigenvalue weighted by molar-refractivity contribution is 5.79. The van der Waals surface area contributed by atoms with Gasteiger partial charge < -0.3 is 10.3 Å². The zero-order valence-corrected chi connectivity index (χ0v) is 11.8. The quantitative estimate of drug-likeness (QED) is 0.739. The maximum Gasteiger partial charge on any atom is 0.160 e. The highest BCUT2D eigenvalue weighted by atomic mass is 15.1. The average molecular weight is 266 g/mol. The Bertz CT molecular complexity index is 758. The molecular weight excluding hydrogens is 248 g/mol. The fourth-order valence-electron chi connectivity index (χ4n) is 2.50. The van der Waals surface area contributed by atoms with Crippen molar-refractivity contribution in [2.24, 2.45) is 0 Å². The number of fused-ring (bicyclic) bond motifs is 1. The van der Waals surface area contributed by atoms with Crippen LogP contribution in [-0.4, -0.2) is 14.5 Å². The lowest BCUT2D eigenvalue weighted by molar-refractivity contribution is 0.698. The minimum absolute atomic E-state index is 0.797. The molecule has 0 unspecified atom stereocenters. The van der Waals surface area contributed by atoms with Crippen molar-refractivity contribution in [1.29, 1.82) is 0 Å². The highest BCUT2D eigenvalue weighted by Crippen LogP contribution is 2.29. The molecule has 0 amide bonds. The number of rotatable bonds is 3. The normalized spacial score (nSPS) is 11.1. The van der Waals surface area contributed by atoms with E-state index < -0.39 is 0 Å². The number of aromatic nitrogens is 3. The largest absolute Gasteiger partial charge is 0.398 e. The van der Waals surface area contributed by atoms with E-state index in [1.54, 1.807) is 0 Å². The van der Waals surface area contributed by atoms with Gasteiger partial charge in [-0.05, 0) is 37.1 Å². The van der Waals surface area contributed by atoms with E-state index in [-0.39, 0.29) is 0 Å². The van der Waals surface area contributed by atoms with Crippen LogP contribution >= 0.6 is 0 Å². The van der Waals surface area contributed by atoms with Gasteiger partial charge in [0.05, 0.1) is 0 Å². The second kappa shape index (κ2) is 4.96. The third kappa shape index (κ3) is 1.93. The molecule has 3 rings (SSSR count). The van der Waals surface area contributed by atoms with Crippen molar-refractivity contribution in [3.05, 3.63) is 42.1 Å². The van der Waals surface area contributed by atoms with E-state index in [4.69, 9.17) is 10.7 Å². The van der Waals surface area contributed by atoms with Crippen LogP contribution in [0.4, 0.5) is 5.69 Å². The molecule has 2 aromatic heterocycles. The molecule has 0 aliphatic carbocycles. The van der Waals surface area contributed by atoms with Crippen LogP contribution in [0.15, 0.2) is 36.5 Å². The fraction of sp³-hybridized carbons (Fsp3) is 0.250. The summed E-state index contributed by atoms with van der Waals surface area (Å²) in [5.41, 5.74) is 10.8. The number of hydrogen-bond acceptors (Lipinski definition) is 3. The van der Waals surface area contributed by atoms with Crippen molar-refractivity contribution in [3.8, 4) is 11.4 Å². The first-order valence-electron chi connectivity index (χ1n) is 6.89. The van der Waals surface area contributed by atoms with Gasteiger partial charge in [-0.1, -0.05) is 19.1 Å². The van der Waals surface area contributed by atoms with Crippen LogP contribution in [0.3, 0.4) is 0 Å². The Hall–Kier alpha value is -2.36. The molecule has 0 saturated heterocycles. The number of anilines is 1. The summed E-state index contributed by atoms with van der Waals surface area (Å²) in [6.45, 7) is 5.09. The van der Waals surface area contributed by atoms with E-state index in [2.05, 4.69) is 22.5 Å². The number of aryl methyl sites for hydroxylation is 1. The Morgan fingerprint density at radius 1 is 1.20 bits per heavy atom. The van der Waals surface area contributed by atoms with Gasteiger partial charge >= 0.3 is 0 Å². The maximum atomic E-state index is 6.02. The number of nitrogens with two attached hydrogens (primary N) is 1. The molecule has 2 N–H and O–H groups in total. The summed E-state index contributed by atoms with van der Waals surface area (Å²) in [4.78, 5) is 9.22. The SMILES string of the molecule is CCCn1c(-c2cccc(N)c2C)nc2cccnc21. The van der Waals surface area contributed by atoms with Crippen LogP contribution < -0.4 is 5.73 Å². The monoisotopic (exact) mass is 266 g/mol. The number of nitrogens with zero attached hydrogens (tertiary/aromatic N) is 3. The summed E-state index contributed by atoms with van der Waals surface area (Å²) in [5, 5.41) is 0. The van der Waals surface area contributed by atoms with Gasteiger partial charge in [0.15, 0.2) is 5.65 Å². The van der Waals surface area contributed by atoms with Gasteiger partial charge in [0.1, 0.15) is 11.3 Å². The highest BCUT2D eigenvalue weighted by Gasteiger charge is 2.15. The minimum Gasteiger partial charge on any atom is -0.398 e. The lowest BCUT2D eigenvalue weighted by Gasteiger charge is -2.10. The zero-order valence-electron chi connectivity index (χ0n) is 11.8. The summed E-state index contributed by atoms with van der Waals surface area (Å²) in [7, 11) is 0. The standard InChI is InChI=1S/C16H18N4/c1-3-10-20-15(12-6-4-7-13(17)11(12)2)19-14-8-5-9-18-16(14)20/h4-9H,3,10,17H2,1-2H3. The maximum absolute atomic E-state index is 6.02.